The highest BCUT2D eigenvalue weighted by atomic mass is 35.5. The van der Waals surface area contributed by atoms with Crippen molar-refractivity contribution in [1.82, 2.24) is 4.90 Å². The Morgan fingerprint density at radius 1 is 1.43 bits per heavy atom. The maximum absolute atomic E-state index is 12.6. The minimum absolute atomic E-state index is 0. The van der Waals surface area contributed by atoms with E-state index in [1.54, 1.807) is 17.0 Å². The molecule has 1 aromatic rings. The number of nitro benzene ring substituents is 1. The van der Waals surface area contributed by atoms with Crippen LogP contribution in [0, 0.1) is 10.1 Å². The van der Waals surface area contributed by atoms with E-state index in [1.807, 2.05) is 20.8 Å². The van der Waals surface area contributed by atoms with Gasteiger partial charge < -0.3 is 10.6 Å². The predicted octanol–water partition coefficient (Wildman–Crippen LogP) is 2.88. The number of nitrogens with zero attached hydrogens (tertiary/aromatic N) is 2. The molecular weight excluding hydrogens is 318 g/mol. The quantitative estimate of drug-likeness (QED) is 0.676. The number of benzene rings is 1. The van der Waals surface area contributed by atoms with Crippen molar-refractivity contribution < 1.29 is 9.72 Å². The lowest BCUT2D eigenvalue weighted by Gasteiger charge is -2.24. The van der Waals surface area contributed by atoms with Crippen LogP contribution in [0.5, 0.6) is 0 Å². The van der Waals surface area contributed by atoms with Crippen molar-refractivity contribution in [2.75, 3.05) is 13.1 Å². The maximum Gasteiger partial charge on any atom is 0.273 e. The molecule has 1 unspecified atom stereocenters. The first-order valence-electron chi connectivity index (χ1n) is 7.55. The van der Waals surface area contributed by atoms with Crippen LogP contribution in [-0.2, 0) is 5.41 Å². The molecule has 23 heavy (non-hydrogen) atoms. The van der Waals surface area contributed by atoms with E-state index in [0.29, 0.717) is 24.2 Å². The number of halogens is 1. The average molecular weight is 342 g/mol. The van der Waals surface area contributed by atoms with Gasteiger partial charge in [-0.3, -0.25) is 14.9 Å². The number of nitro groups is 1. The lowest BCUT2D eigenvalue weighted by Crippen LogP contribution is -2.39. The molecule has 7 heteroatoms. The predicted molar refractivity (Wildman–Crippen MR) is 92.2 cm³/mol. The van der Waals surface area contributed by atoms with Crippen LogP contribution in [0.2, 0.25) is 0 Å². The highest BCUT2D eigenvalue weighted by Gasteiger charge is 2.31. The van der Waals surface area contributed by atoms with Crippen molar-refractivity contribution in [3.63, 3.8) is 0 Å². The van der Waals surface area contributed by atoms with Gasteiger partial charge in [0.25, 0.3) is 11.6 Å². The minimum Gasteiger partial charge on any atom is -0.334 e. The Bertz CT molecular complexity index is 599. The molecule has 1 aromatic carbocycles. The molecule has 2 N–H and O–H groups in total. The van der Waals surface area contributed by atoms with Gasteiger partial charge in [-0.25, -0.2) is 0 Å². The van der Waals surface area contributed by atoms with Crippen LogP contribution < -0.4 is 5.73 Å². The van der Waals surface area contributed by atoms with Crippen LogP contribution in [0.25, 0.3) is 0 Å². The Labute approximate surface area is 142 Å². The Morgan fingerprint density at radius 2 is 2.09 bits per heavy atom. The van der Waals surface area contributed by atoms with E-state index in [0.717, 1.165) is 12.8 Å². The van der Waals surface area contributed by atoms with Crippen LogP contribution in [0.1, 0.15) is 49.5 Å². The molecule has 0 aromatic heterocycles. The number of nitrogens with two attached hydrogens (primary N) is 1. The highest BCUT2D eigenvalue weighted by molar-refractivity contribution is 5.95. The summed E-state index contributed by atoms with van der Waals surface area (Å²) in [6, 6.07) is 4.81. The van der Waals surface area contributed by atoms with Gasteiger partial charge in [-0.05, 0) is 24.3 Å². The molecule has 1 atom stereocenters. The first-order valence-corrected chi connectivity index (χ1v) is 7.55. The Morgan fingerprint density at radius 3 is 2.61 bits per heavy atom. The van der Waals surface area contributed by atoms with E-state index >= 15 is 0 Å². The molecule has 0 radical (unpaired) electrons. The second-order valence-corrected chi connectivity index (χ2v) is 6.77. The number of likely N-dealkylation sites (tertiary alicyclic amines) is 1. The molecule has 1 fully saturated rings. The molecule has 6 nitrogen and oxygen atoms in total. The smallest absolute Gasteiger partial charge is 0.273 e. The van der Waals surface area contributed by atoms with Gasteiger partial charge in [0.2, 0.25) is 0 Å². The lowest BCUT2D eigenvalue weighted by molar-refractivity contribution is -0.386. The van der Waals surface area contributed by atoms with Gasteiger partial charge >= 0.3 is 0 Å². The van der Waals surface area contributed by atoms with E-state index < -0.39 is 4.92 Å². The van der Waals surface area contributed by atoms with Crippen molar-refractivity contribution in [2.24, 2.45) is 5.73 Å². The fourth-order valence-electron chi connectivity index (χ4n) is 2.96. The summed E-state index contributed by atoms with van der Waals surface area (Å²) in [5.41, 5.74) is 6.34. The second kappa shape index (κ2) is 7.27. The van der Waals surface area contributed by atoms with Crippen LogP contribution in [0.15, 0.2) is 18.2 Å². The van der Waals surface area contributed by atoms with Gasteiger partial charge in [-0.1, -0.05) is 26.8 Å². The van der Waals surface area contributed by atoms with Gasteiger partial charge in [0.15, 0.2) is 0 Å². The van der Waals surface area contributed by atoms with Gasteiger partial charge in [0.1, 0.15) is 0 Å². The molecule has 1 aliphatic rings. The Kier molecular flexibility index (Phi) is 6.13. The molecule has 1 saturated heterocycles. The fourth-order valence-corrected chi connectivity index (χ4v) is 2.96. The summed E-state index contributed by atoms with van der Waals surface area (Å²) in [7, 11) is 0. The summed E-state index contributed by atoms with van der Waals surface area (Å²) in [6.45, 7) is 6.84. The van der Waals surface area contributed by atoms with Crippen molar-refractivity contribution in [3.05, 3.63) is 39.4 Å². The van der Waals surface area contributed by atoms with Gasteiger partial charge in [-0.15, -0.1) is 12.4 Å². The zero-order valence-electron chi connectivity index (χ0n) is 13.7. The molecule has 1 heterocycles. The number of carbonyl (C=O) groups is 1. The van der Waals surface area contributed by atoms with Crippen molar-refractivity contribution in [2.45, 2.75) is 45.1 Å². The number of rotatable bonds is 3. The fraction of sp³-hybridized carbons (Fsp3) is 0.562. The van der Waals surface area contributed by atoms with Crippen LogP contribution in [-0.4, -0.2) is 34.9 Å². The number of hydrogen-bond donors (Lipinski definition) is 1. The summed E-state index contributed by atoms with van der Waals surface area (Å²) >= 11 is 0. The van der Waals surface area contributed by atoms with E-state index in [2.05, 4.69) is 0 Å². The molecule has 1 amide bonds. The molecule has 128 valence electrons. The van der Waals surface area contributed by atoms with E-state index in [9.17, 15) is 14.9 Å². The number of hydrogen-bond acceptors (Lipinski definition) is 4. The summed E-state index contributed by atoms with van der Waals surface area (Å²) in [5, 5.41) is 11.3. The normalized spacial score (nSPS) is 17.7. The van der Waals surface area contributed by atoms with Crippen molar-refractivity contribution in [3.8, 4) is 0 Å². The van der Waals surface area contributed by atoms with Gasteiger partial charge in [0, 0.05) is 36.3 Å². The summed E-state index contributed by atoms with van der Waals surface area (Å²) in [5.74, 6) is -0.170. The first kappa shape index (κ1) is 19.4. The third-order valence-electron chi connectivity index (χ3n) is 4.16. The minimum atomic E-state index is -0.415. The van der Waals surface area contributed by atoms with E-state index in [4.69, 9.17) is 5.73 Å². The maximum atomic E-state index is 12.6. The summed E-state index contributed by atoms with van der Waals surface area (Å²) < 4.78 is 0. The number of amides is 1. The first-order chi connectivity index (χ1) is 10.3. The average Bonchev–Trinajstić information content (AvgIpc) is 2.93. The topological polar surface area (TPSA) is 89.5 Å². The van der Waals surface area contributed by atoms with Gasteiger partial charge in [0.05, 0.1) is 4.92 Å². The molecular formula is C16H24ClN3O3. The molecule has 0 saturated carbocycles. The van der Waals surface area contributed by atoms with Crippen LogP contribution in [0.4, 0.5) is 5.69 Å². The van der Waals surface area contributed by atoms with Crippen LogP contribution in [0.3, 0.4) is 0 Å². The van der Waals surface area contributed by atoms with Crippen LogP contribution >= 0.6 is 12.4 Å². The third-order valence-corrected chi connectivity index (χ3v) is 4.16. The molecule has 0 bridgehead atoms. The molecule has 1 aliphatic heterocycles. The molecule has 0 spiro atoms. The molecule has 2 rings (SSSR count). The standard InChI is InChI=1S/C16H23N3O3.ClH/c1-16(2,3)13-7-6-11(9-14(13)19(21)22)15(20)18-8-4-5-12(18)10-17;/h6-7,9,12H,4-5,8,10,17H2,1-3H3;1H. The summed E-state index contributed by atoms with van der Waals surface area (Å²) in [6.07, 6.45) is 1.82. The van der Waals surface area contributed by atoms with E-state index in [-0.39, 0.29) is 35.5 Å². The SMILES string of the molecule is CC(C)(C)c1ccc(C(=O)N2CCCC2CN)cc1[N+](=O)[O-].Cl. The third kappa shape index (κ3) is 4.00. The van der Waals surface area contributed by atoms with Crippen molar-refractivity contribution >= 4 is 24.0 Å². The highest BCUT2D eigenvalue weighted by Crippen LogP contribution is 2.32. The zero-order valence-corrected chi connectivity index (χ0v) is 14.6. The van der Waals surface area contributed by atoms with Gasteiger partial charge in [-0.2, -0.15) is 0 Å². The Balaban J connectivity index is 0.00000264. The van der Waals surface area contributed by atoms with Crippen molar-refractivity contribution in [1.29, 1.82) is 0 Å². The monoisotopic (exact) mass is 341 g/mol. The molecule has 0 aliphatic carbocycles. The zero-order chi connectivity index (χ0) is 16.5. The number of carbonyl (C=O) groups excluding carboxylic acids is 1. The largest absolute Gasteiger partial charge is 0.334 e. The second-order valence-electron chi connectivity index (χ2n) is 6.77. The van der Waals surface area contributed by atoms with E-state index in [1.165, 1.54) is 6.07 Å². The Hall–Kier alpha value is -1.66. The summed E-state index contributed by atoms with van der Waals surface area (Å²) in [4.78, 5) is 25.3. The lowest BCUT2D eigenvalue weighted by atomic mass is 9.85.